The lowest BCUT2D eigenvalue weighted by Crippen LogP contribution is -2.10. The topological polar surface area (TPSA) is 40.5 Å². The van der Waals surface area contributed by atoms with Crippen molar-refractivity contribution < 1.29 is 10.2 Å². The molecular formula is C14H12Br2O2. The van der Waals surface area contributed by atoms with Gasteiger partial charge in [0.25, 0.3) is 0 Å². The number of halogens is 2. The summed E-state index contributed by atoms with van der Waals surface area (Å²) < 4.78 is 1.75. The first kappa shape index (κ1) is 13.7. The van der Waals surface area contributed by atoms with Crippen molar-refractivity contribution in [2.45, 2.75) is 12.2 Å². The van der Waals surface area contributed by atoms with Crippen LogP contribution in [-0.4, -0.2) is 10.2 Å². The van der Waals surface area contributed by atoms with Gasteiger partial charge in [0, 0.05) is 8.95 Å². The maximum Gasteiger partial charge on any atom is 0.109 e. The first-order valence-electron chi connectivity index (χ1n) is 5.45. The van der Waals surface area contributed by atoms with E-state index in [0.717, 1.165) is 8.95 Å². The molecule has 0 spiro atoms. The molecule has 0 aliphatic heterocycles. The minimum atomic E-state index is -0.947. The Kier molecular flexibility index (Phi) is 4.56. The largest absolute Gasteiger partial charge is 0.385 e. The van der Waals surface area contributed by atoms with Gasteiger partial charge in [-0.3, -0.25) is 0 Å². The van der Waals surface area contributed by atoms with Crippen LogP contribution in [0.15, 0.2) is 57.5 Å². The van der Waals surface area contributed by atoms with Gasteiger partial charge in [-0.2, -0.15) is 0 Å². The van der Waals surface area contributed by atoms with Gasteiger partial charge in [-0.15, -0.1) is 0 Å². The van der Waals surface area contributed by atoms with Crippen LogP contribution in [0.4, 0.5) is 0 Å². The van der Waals surface area contributed by atoms with E-state index >= 15 is 0 Å². The Morgan fingerprint density at radius 1 is 0.722 bits per heavy atom. The van der Waals surface area contributed by atoms with E-state index in [-0.39, 0.29) is 0 Å². The van der Waals surface area contributed by atoms with Crippen molar-refractivity contribution in [3.63, 3.8) is 0 Å². The fraction of sp³-hybridized carbons (Fsp3) is 0.143. The third-order valence-electron chi connectivity index (χ3n) is 2.68. The zero-order valence-corrected chi connectivity index (χ0v) is 12.6. The van der Waals surface area contributed by atoms with Crippen LogP contribution < -0.4 is 0 Å². The molecule has 2 unspecified atom stereocenters. The molecule has 2 rings (SSSR count). The Morgan fingerprint density at radius 2 is 1.11 bits per heavy atom. The average Bonchev–Trinajstić information content (AvgIpc) is 2.37. The van der Waals surface area contributed by atoms with Gasteiger partial charge < -0.3 is 10.2 Å². The summed E-state index contributed by atoms with van der Waals surface area (Å²) in [5, 5.41) is 20.3. The summed E-state index contributed by atoms with van der Waals surface area (Å²) >= 11 is 6.69. The lowest BCUT2D eigenvalue weighted by molar-refractivity contribution is 0.0172. The van der Waals surface area contributed by atoms with Crippen LogP contribution in [0.25, 0.3) is 0 Å². The van der Waals surface area contributed by atoms with Crippen LogP contribution in [0.2, 0.25) is 0 Å². The second kappa shape index (κ2) is 5.97. The van der Waals surface area contributed by atoms with E-state index < -0.39 is 12.2 Å². The van der Waals surface area contributed by atoms with Crippen molar-refractivity contribution in [3.8, 4) is 0 Å². The van der Waals surface area contributed by atoms with Gasteiger partial charge >= 0.3 is 0 Å². The quantitative estimate of drug-likeness (QED) is 0.856. The fourth-order valence-electron chi connectivity index (χ4n) is 1.75. The molecule has 0 aromatic heterocycles. The molecule has 0 aliphatic rings. The van der Waals surface area contributed by atoms with Gasteiger partial charge in [-0.25, -0.2) is 0 Å². The summed E-state index contributed by atoms with van der Waals surface area (Å²) in [7, 11) is 0. The first-order chi connectivity index (χ1) is 8.58. The molecule has 94 valence electrons. The maximum atomic E-state index is 10.2. The Bertz CT molecular complexity index is 493. The zero-order valence-electron chi connectivity index (χ0n) is 9.42. The Hall–Kier alpha value is -0.680. The summed E-state index contributed by atoms with van der Waals surface area (Å²) in [5.74, 6) is 0. The molecule has 18 heavy (non-hydrogen) atoms. The highest BCUT2D eigenvalue weighted by molar-refractivity contribution is 9.10. The van der Waals surface area contributed by atoms with Gasteiger partial charge in [0.2, 0.25) is 0 Å². The second-order valence-electron chi connectivity index (χ2n) is 4.00. The molecule has 0 amide bonds. The highest BCUT2D eigenvalue weighted by Crippen LogP contribution is 2.30. The van der Waals surface area contributed by atoms with Gasteiger partial charge in [0.1, 0.15) is 12.2 Å². The fourth-order valence-corrected chi connectivity index (χ4v) is 2.58. The Labute approximate surface area is 123 Å². The maximum absolute atomic E-state index is 10.2. The van der Waals surface area contributed by atoms with E-state index in [1.165, 1.54) is 0 Å². The molecule has 0 bridgehead atoms. The van der Waals surface area contributed by atoms with E-state index in [0.29, 0.717) is 11.1 Å². The molecule has 0 saturated carbocycles. The number of hydrogen-bond acceptors (Lipinski definition) is 2. The number of aliphatic hydroxyl groups excluding tert-OH is 2. The monoisotopic (exact) mass is 370 g/mol. The van der Waals surface area contributed by atoms with Gasteiger partial charge in [-0.1, -0.05) is 56.1 Å². The summed E-state index contributed by atoms with van der Waals surface area (Å²) in [6, 6.07) is 14.6. The van der Waals surface area contributed by atoms with Crippen molar-refractivity contribution in [2.24, 2.45) is 0 Å². The third-order valence-corrected chi connectivity index (χ3v) is 3.67. The predicted octanol–water partition coefficient (Wildman–Crippen LogP) is 3.98. The van der Waals surface area contributed by atoms with Gasteiger partial charge in [0.15, 0.2) is 0 Å². The molecule has 0 saturated heterocycles. The number of hydrogen-bond donors (Lipinski definition) is 2. The summed E-state index contributed by atoms with van der Waals surface area (Å²) in [6.45, 7) is 0. The zero-order chi connectivity index (χ0) is 13.1. The van der Waals surface area contributed by atoms with Crippen LogP contribution in [0.3, 0.4) is 0 Å². The molecule has 4 heteroatoms. The highest BCUT2D eigenvalue weighted by Gasteiger charge is 2.20. The van der Waals surface area contributed by atoms with Crippen LogP contribution in [0, 0.1) is 0 Å². The molecular weight excluding hydrogens is 360 g/mol. The lowest BCUT2D eigenvalue weighted by atomic mass is 9.98. The molecule has 2 aromatic rings. The average molecular weight is 372 g/mol. The molecule has 0 heterocycles. The minimum Gasteiger partial charge on any atom is -0.385 e. The second-order valence-corrected chi connectivity index (χ2v) is 5.83. The van der Waals surface area contributed by atoms with Crippen molar-refractivity contribution in [1.82, 2.24) is 0 Å². The van der Waals surface area contributed by atoms with Crippen LogP contribution in [-0.2, 0) is 0 Å². The smallest absolute Gasteiger partial charge is 0.109 e. The summed E-state index contributed by atoms with van der Waals surface area (Å²) in [6.07, 6.45) is -1.89. The Morgan fingerprint density at radius 3 is 1.44 bits per heavy atom. The number of benzene rings is 2. The molecule has 2 atom stereocenters. The molecule has 2 aromatic carbocycles. The van der Waals surface area contributed by atoms with Gasteiger partial charge in [-0.05, 0) is 35.4 Å². The van der Waals surface area contributed by atoms with Crippen molar-refractivity contribution in [3.05, 3.63) is 68.6 Å². The molecule has 0 radical (unpaired) electrons. The SMILES string of the molecule is OC(c1cccc(Br)c1)C(O)c1cccc(Br)c1. The standard InChI is InChI=1S/C14H12Br2O2/c15-11-5-1-3-9(7-11)13(17)14(18)10-4-2-6-12(16)8-10/h1-8,13-14,17-18H. The summed E-state index contributed by atoms with van der Waals surface area (Å²) in [5.41, 5.74) is 1.36. The predicted molar refractivity (Wildman–Crippen MR) is 78.2 cm³/mol. The first-order valence-corrected chi connectivity index (χ1v) is 7.03. The van der Waals surface area contributed by atoms with E-state index in [1.54, 1.807) is 24.3 Å². The van der Waals surface area contributed by atoms with E-state index in [9.17, 15) is 10.2 Å². The lowest BCUT2D eigenvalue weighted by Gasteiger charge is -2.19. The molecule has 2 nitrogen and oxygen atoms in total. The highest BCUT2D eigenvalue weighted by atomic mass is 79.9. The number of aliphatic hydroxyl groups is 2. The van der Waals surface area contributed by atoms with Crippen LogP contribution >= 0.6 is 31.9 Å². The van der Waals surface area contributed by atoms with E-state index in [4.69, 9.17) is 0 Å². The molecule has 0 aliphatic carbocycles. The molecule has 0 fully saturated rings. The van der Waals surface area contributed by atoms with Crippen molar-refractivity contribution in [2.75, 3.05) is 0 Å². The third kappa shape index (κ3) is 3.20. The van der Waals surface area contributed by atoms with Crippen molar-refractivity contribution >= 4 is 31.9 Å². The normalized spacial score (nSPS) is 14.2. The van der Waals surface area contributed by atoms with E-state index in [2.05, 4.69) is 31.9 Å². The van der Waals surface area contributed by atoms with Crippen molar-refractivity contribution in [1.29, 1.82) is 0 Å². The van der Waals surface area contributed by atoms with Crippen LogP contribution in [0.5, 0.6) is 0 Å². The number of rotatable bonds is 3. The van der Waals surface area contributed by atoms with E-state index in [1.807, 2.05) is 24.3 Å². The van der Waals surface area contributed by atoms with Crippen LogP contribution in [0.1, 0.15) is 23.3 Å². The summed E-state index contributed by atoms with van der Waals surface area (Å²) in [4.78, 5) is 0. The minimum absolute atomic E-state index is 0.678. The van der Waals surface area contributed by atoms with Gasteiger partial charge in [0.05, 0.1) is 0 Å². The Balaban J connectivity index is 2.26. The molecule has 2 N–H and O–H groups in total.